The molecule has 1 aromatic carbocycles. The summed E-state index contributed by atoms with van der Waals surface area (Å²) in [5.41, 5.74) is 0.977. The first kappa shape index (κ1) is 12.1. The largest absolute Gasteiger partial charge is 0.480 e. The van der Waals surface area contributed by atoms with Crippen LogP contribution in [0.2, 0.25) is 0 Å². The molecule has 2 aromatic rings. The van der Waals surface area contributed by atoms with E-state index in [1.165, 1.54) is 0 Å². The molecule has 0 unspecified atom stereocenters. The van der Waals surface area contributed by atoms with Crippen LogP contribution in [0.4, 0.5) is 0 Å². The molecule has 0 aliphatic carbocycles. The van der Waals surface area contributed by atoms with Crippen molar-refractivity contribution in [3.8, 4) is 0 Å². The Kier molecular flexibility index (Phi) is 3.24. The molecular weight excluding hydrogens is 238 g/mol. The predicted molar refractivity (Wildman–Crippen MR) is 62.1 cm³/mol. The molecule has 0 aliphatic rings. The third-order valence-electron chi connectivity index (χ3n) is 2.49. The Hall–Kier alpha value is -2.41. The van der Waals surface area contributed by atoms with Crippen LogP contribution >= 0.6 is 0 Å². The van der Waals surface area contributed by atoms with E-state index in [0.29, 0.717) is 11.1 Å². The standard InChI is InChI=1S/C11H11N3O4/c15-5-9(11(17)18)13-10(16)6-1-2-7-4-12-14-8(7)3-6/h1-4,9,15H,5H2,(H,12,14)(H,13,16)(H,17,18)/t9-/m1/s1. The highest BCUT2D eigenvalue weighted by molar-refractivity contribution is 5.99. The number of H-pyrrole nitrogens is 1. The number of carboxylic acids is 1. The van der Waals surface area contributed by atoms with Gasteiger partial charge in [-0.15, -0.1) is 0 Å². The Morgan fingerprint density at radius 2 is 2.22 bits per heavy atom. The number of nitrogens with one attached hydrogen (secondary N) is 2. The Morgan fingerprint density at radius 3 is 2.89 bits per heavy atom. The predicted octanol–water partition coefficient (Wildman–Crippen LogP) is -0.262. The molecule has 2 rings (SSSR count). The second-order valence-corrected chi connectivity index (χ2v) is 3.72. The summed E-state index contributed by atoms with van der Waals surface area (Å²) in [7, 11) is 0. The number of carbonyl (C=O) groups excluding carboxylic acids is 1. The summed E-state index contributed by atoms with van der Waals surface area (Å²) in [6.45, 7) is -0.659. The maximum atomic E-state index is 11.8. The van der Waals surface area contributed by atoms with Crippen molar-refractivity contribution >= 4 is 22.8 Å². The number of aliphatic hydroxyl groups is 1. The minimum atomic E-state index is -1.31. The van der Waals surface area contributed by atoms with Gasteiger partial charge in [0, 0.05) is 10.9 Å². The molecule has 94 valence electrons. The molecule has 1 amide bonds. The van der Waals surface area contributed by atoms with Crippen LogP contribution in [-0.2, 0) is 4.79 Å². The van der Waals surface area contributed by atoms with Gasteiger partial charge in [0.05, 0.1) is 18.3 Å². The highest BCUT2D eigenvalue weighted by atomic mass is 16.4. The number of hydrogen-bond donors (Lipinski definition) is 4. The quantitative estimate of drug-likeness (QED) is 0.595. The Balaban J connectivity index is 2.19. The van der Waals surface area contributed by atoms with Crippen molar-refractivity contribution in [2.45, 2.75) is 6.04 Å². The van der Waals surface area contributed by atoms with Crippen LogP contribution in [0.5, 0.6) is 0 Å². The van der Waals surface area contributed by atoms with Crippen molar-refractivity contribution < 1.29 is 19.8 Å². The zero-order valence-corrected chi connectivity index (χ0v) is 9.25. The number of rotatable bonds is 4. The number of benzene rings is 1. The molecule has 1 atom stereocenters. The lowest BCUT2D eigenvalue weighted by Crippen LogP contribution is -2.43. The van der Waals surface area contributed by atoms with E-state index in [1.807, 2.05) is 0 Å². The SMILES string of the molecule is O=C(N[C@H](CO)C(=O)O)c1ccc2cn[nH]c2c1. The third-order valence-corrected chi connectivity index (χ3v) is 2.49. The zero-order chi connectivity index (χ0) is 13.1. The maximum absolute atomic E-state index is 11.8. The maximum Gasteiger partial charge on any atom is 0.328 e. The van der Waals surface area contributed by atoms with E-state index in [4.69, 9.17) is 10.2 Å². The molecule has 0 saturated heterocycles. The highest BCUT2D eigenvalue weighted by Crippen LogP contribution is 2.12. The number of amides is 1. The average molecular weight is 249 g/mol. The summed E-state index contributed by atoms with van der Waals surface area (Å²) in [5, 5.41) is 27.1. The number of aliphatic carboxylic acids is 1. The van der Waals surface area contributed by atoms with Gasteiger partial charge in [0.2, 0.25) is 0 Å². The first-order chi connectivity index (χ1) is 8.61. The van der Waals surface area contributed by atoms with Gasteiger partial charge in [-0.3, -0.25) is 9.89 Å². The smallest absolute Gasteiger partial charge is 0.328 e. The van der Waals surface area contributed by atoms with E-state index in [9.17, 15) is 9.59 Å². The highest BCUT2D eigenvalue weighted by Gasteiger charge is 2.19. The van der Waals surface area contributed by atoms with Crippen molar-refractivity contribution in [2.24, 2.45) is 0 Å². The third kappa shape index (κ3) is 2.30. The summed E-state index contributed by atoms with van der Waals surface area (Å²) < 4.78 is 0. The first-order valence-corrected chi connectivity index (χ1v) is 5.19. The molecule has 7 nitrogen and oxygen atoms in total. The van der Waals surface area contributed by atoms with E-state index >= 15 is 0 Å². The van der Waals surface area contributed by atoms with Crippen LogP contribution in [0.25, 0.3) is 10.9 Å². The van der Waals surface area contributed by atoms with Crippen molar-refractivity contribution in [3.63, 3.8) is 0 Å². The number of nitrogens with zero attached hydrogens (tertiary/aromatic N) is 1. The summed E-state index contributed by atoms with van der Waals surface area (Å²) in [6, 6.07) is 3.51. The van der Waals surface area contributed by atoms with E-state index in [1.54, 1.807) is 24.4 Å². The molecule has 7 heteroatoms. The average Bonchev–Trinajstić information content (AvgIpc) is 2.82. The van der Waals surface area contributed by atoms with Crippen molar-refractivity contribution in [1.29, 1.82) is 0 Å². The fraction of sp³-hybridized carbons (Fsp3) is 0.182. The molecule has 0 aliphatic heterocycles. The lowest BCUT2D eigenvalue weighted by Gasteiger charge is -2.11. The molecule has 0 saturated carbocycles. The molecule has 1 heterocycles. The number of aliphatic hydroxyl groups excluding tert-OH is 1. The number of carboxylic acid groups (broad SMARTS) is 1. The summed E-state index contributed by atoms with van der Waals surface area (Å²) in [6.07, 6.45) is 1.62. The fourth-order valence-electron chi connectivity index (χ4n) is 1.51. The summed E-state index contributed by atoms with van der Waals surface area (Å²) in [4.78, 5) is 22.4. The Morgan fingerprint density at radius 1 is 1.44 bits per heavy atom. The summed E-state index contributed by atoms with van der Waals surface area (Å²) >= 11 is 0. The van der Waals surface area contributed by atoms with E-state index in [0.717, 1.165) is 5.39 Å². The van der Waals surface area contributed by atoms with Crippen LogP contribution in [0.3, 0.4) is 0 Å². The number of aromatic nitrogens is 2. The first-order valence-electron chi connectivity index (χ1n) is 5.19. The van der Waals surface area contributed by atoms with Gasteiger partial charge in [-0.2, -0.15) is 5.10 Å². The zero-order valence-electron chi connectivity index (χ0n) is 9.25. The van der Waals surface area contributed by atoms with Crippen molar-refractivity contribution in [1.82, 2.24) is 15.5 Å². The Labute approximate surface area is 101 Å². The number of aromatic amines is 1. The lowest BCUT2D eigenvalue weighted by molar-refractivity contribution is -0.140. The van der Waals surface area contributed by atoms with Gasteiger partial charge < -0.3 is 15.5 Å². The van der Waals surface area contributed by atoms with Crippen LogP contribution < -0.4 is 5.32 Å². The van der Waals surface area contributed by atoms with E-state index in [-0.39, 0.29) is 0 Å². The number of fused-ring (bicyclic) bond motifs is 1. The molecule has 4 N–H and O–H groups in total. The molecule has 0 spiro atoms. The molecular formula is C11H11N3O4. The minimum absolute atomic E-state index is 0.298. The van der Waals surface area contributed by atoms with Gasteiger partial charge in [0.25, 0.3) is 5.91 Å². The Bertz CT molecular complexity index is 593. The second-order valence-electron chi connectivity index (χ2n) is 3.72. The van der Waals surface area contributed by atoms with Gasteiger partial charge >= 0.3 is 5.97 Å². The number of hydrogen-bond acceptors (Lipinski definition) is 4. The normalized spacial score (nSPS) is 12.3. The van der Waals surface area contributed by atoms with Crippen LogP contribution in [0.1, 0.15) is 10.4 Å². The van der Waals surface area contributed by atoms with Crippen molar-refractivity contribution in [3.05, 3.63) is 30.0 Å². The van der Waals surface area contributed by atoms with Gasteiger partial charge in [0.1, 0.15) is 0 Å². The molecule has 0 fully saturated rings. The van der Waals surface area contributed by atoms with Gasteiger partial charge in [0.15, 0.2) is 6.04 Å². The number of carbonyl (C=O) groups is 2. The second kappa shape index (κ2) is 4.84. The van der Waals surface area contributed by atoms with E-state index in [2.05, 4.69) is 15.5 Å². The van der Waals surface area contributed by atoms with Crippen molar-refractivity contribution in [2.75, 3.05) is 6.61 Å². The monoisotopic (exact) mass is 249 g/mol. The summed E-state index contributed by atoms with van der Waals surface area (Å²) in [5.74, 6) is -1.85. The van der Waals surface area contributed by atoms with Gasteiger partial charge in [-0.05, 0) is 12.1 Å². The van der Waals surface area contributed by atoms with Crippen LogP contribution in [0, 0.1) is 0 Å². The molecule has 0 bridgehead atoms. The molecule has 0 radical (unpaired) electrons. The van der Waals surface area contributed by atoms with E-state index < -0.39 is 24.5 Å². The van der Waals surface area contributed by atoms with Gasteiger partial charge in [-0.1, -0.05) is 6.07 Å². The molecule has 18 heavy (non-hydrogen) atoms. The fourth-order valence-corrected chi connectivity index (χ4v) is 1.51. The topological polar surface area (TPSA) is 115 Å². The van der Waals surface area contributed by atoms with Crippen LogP contribution in [0.15, 0.2) is 24.4 Å². The minimum Gasteiger partial charge on any atom is -0.480 e. The van der Waals surface area contributed by atoms with Crippen LogP contribution in [-0.4, -0.2) is 44.9 Å². The van der Waals surface area contributed by atoms with Gasteiger partial charge in [-0.25, -0.2) is 4.79 Å². The lowest BCUT2D eigenvalue weighted by atomic mass is 10.1. The molecule has 1 aromatic heterocycles.